The normalized spacial score (nSPS) is 12.1. The maximum Gasteiger partial charge on any atom is 0.164 e. The Morgan fingerprint density at radius 1 is 1.06 bits per heavy atom. The quantitative estimate of drug-likeness (QED) is 0.774. The summed E-state index contributed by atoms with van der Waals surface area (Å²) in [5.74, 6) is 1.98. The first kappa shape index (κ1) is 13.6. The van der Waals surface area contributed by atoms with Gasteiger partial charge in [-0.3, -0.25) is 0 Å². The Hall–Kier alpha value is -1.46. The van der Waals surface area contributed by atoms with Crippen LogP contribution in [0.1, 0.15) is 11.6 Å². The number of methoxy groups -OCH3 is 3. The summed E-state index contributed by atoms with van der Waals surface area (Å²) in [7, 11) is 6.64. The third-order valence-electron chi connectivity index (χ3n) is 2.56. The summed E-state index contributed by atoms with van der Waals surface area (Å²) < 4.78 is 15.8. The van der Waals surface area contributed by atoms with Gasteiger partial charge in [0.15, 0.2) is 11.5 Å². The van der Waals surface area contributed by atoms with Crippen LogP contribution in [0.5, 0.6) is 17.2 Å². The molecule has 5 heteroatoms. The van der Waals surface area contributed by atoms with Crippen LogP contribution in [0.3, 0.4) is 0 Å². The molecule has 0 aromatic heterocycles. The summed E-state index contributed by atoms with van der Waals surface area (Å²) in [5.41, 5.74) is 6.95. The van der Waals surface area contributed by atoms with E-state index in [1.807, 2.05) is 13.1 Å². The Morgan fingerprint density at radius 2 is 1.59 bits per heavy atom. The number of hydrogen-bond donors (Lipinski definition) is 2. The molecule has 0 fully saturated rings. The molecule has 0 amide bonds. The molecule has 0 aliphatic heterocycles. The lowest BCUT2D eigenvalue weighted by molar-refractivity contribution is 0.346. The molecule has 0 aliphatic carbocycles. The van der Waals surface area contributed by atoms with E-state index in [4.69, 9.17) is 19.9 Å². The summed E-state index contributed by atoms with van der Waals surface area (Å²) in [6.45, 7) is 0.659. The molecule has 1 unspecified atom stereocenters. The fourth-order valence-electron chi connectivity index (χ4n) is 1.67. The van der Waals surface area contributed by atoms with Crippen molar-refractivity contribution in [1.29, 1.82) is 0 Å². The van der Waals surface area contributed by atoms with Gasteiger partial charge in [0.05, 0.1) is 21.3 Å². The molecular formula is C12H20N2O3. The Balaban J connectivity index is 3.18. The molecule has 1 aromatic carbocycles. The molecule has 5 nitrogen and oxygen atoms in total. The van der Waals surface area contributed by atoms with Crippen LogP contribution in [-0.4, -0.2) is 34.9 Å². The highest BCUT2D eigenvalue weighted by Gasteiger charge is 2.16. The van der Waals surface area contributed by atoms with Gasteiger partial charge in [-0.15, -0.1) is 0 Å². The van der Waals surface area contributed by atoms with Gasteiger partial charge in [-0.25, -0.2) is 0 Å². The van der Waals surface area contributed by atoms with E-state index in [-0.39, 0.29) is 6.04 Å². The van der Waals surface area contributed by atoms with Crippen molar-refractivity contribution in [3.63, 3.8) is 0 Å². The molecule has 1 rings (SSSR count). The van der Waals surface area contributed by atoms with E-state index in [0.29, 0.717) is 23.8 Å². The first-order valence-corrected chi connectivity index (χ1v) is 5.38. The number of likely N-dealkylation sites (N-methyl/N-ethyl adjacent to an activating group) is 1. The van der Waals surface area contributed by atoms with Gasteiger partial charge >= 0.3 is 0 Å². The molecule has 1 atom stereocenters. The molecule has 0 bridgehead atoms. The fourth-order valence-corrected chi connectivity index (χ4v) is 1.67. The second kappa shape index (κ2) is 6.32. The molecule has 0 spiro atoms. The van der Waals surface area contributed by atoms with E-state index in [1.54, 1.807) is 27.4 Å². The minimum absolute atomic E-state index is 0.158. The summed E-state index contributed by atoms with van der Waals surface area (Å²) in [5, 5.41) is 3.03. The van der Waals surface area contributed by atoms with E-state index in [1.165, 1.54) is 0 Å². The van der Waals surface area contributed by atoms with Crippen LogP contribution in [0.4, 0.5) is 0 Å². The van der Waals surface area contributed by atoms with Gasteiger partial charge < -0.3 is 25.3 Å². The number of hydrogen-bond acceptors (Lipinski definition) is 5. The zero-order valence-corrected chi connectivity index (χ0v) is 10.7. The Kier molecular flexibility index (Phi) is 5.06. The van der Waals surface area contributed by atoms with E-state index < -0.39 is 0 Å². The van der Waals surface area contributed by atoms with Crippen LogP contribution in [0.15, 0.2) is 12.1 Å². The van der Waals surface area contributed by atoms with Crippen molar-refractivity contribution < 1.29 is 14.2 Å². The van der Waals surface area contributed by atoms with Crippen molar-refractivity contribution in [2.24, 2.45) is 5.73 Å². The van der Waals surface area contributed by atoms with Crippen LogP contribution in [0, 0.1) is 0 Å². The summed E-state index contributed by atoms with van der Waals surface area (Å²) in [6, 6.07) is 3.47. The molecule has 0 heterocycles. The first-order valence-electron chi connectivity index (χ1n) is 5.38. The second-order valence-electron chi connectivity index (χ2n) is 3.61. The fraction of sp³-hybridized carbons (Fsp3) is 0.500. The minimum atomic E-state index is -0.158. The maximum atomic E-state index is 6.06. The second-order valence-corrected chi connectivity index (χ2v) is 3.61. The first-order chi connectivity index (χ1) is 8.17. The standard InChI is InChI=1S/C12H20N2O3/c1-14-7-9(13)8-5-11(16-3)12(17-4)6-10(8)15-2/h5-6,9,14H,7,13H2,1-4H3. The highest BCUT2D eigenvalue weighted by molar-refractivity contribution is 5.51. The van der Waals surface area contributed by atoms with Crippen LogP contribution in [-0.2, 0) is 0 Å². The van der Waals surface area contributed by atoms with Crippen molar-refractivity contribution in [2.45, 2.75) is 6.04 Å². The zero-order valence-electron chi connectivity index (χ0n) is 10.7. The lowest BCUT2D eigenvalue weighted by atomic mass is 10.1. The van der Waals surface area contributed by atoms with Crippen LogP contribution >= 0.6 is 0 Å². The largest absolute Gasteiger partial charge is 0.496 e. The van der Waals surface area contributed by atoms with Gasteiger partial charge in [0.1, 0.15) is 5.75 Å². The third-order valence-corrected chi connectivity index (χ3v) is 2.56. The van der Waals surface area contributed by atoms with Gasteiger partial charge in [0.2, 0.25) is 0 Å². The molecular weight excluding hydrogens is 220 g/mol. The molecule has 0 radical (unpaired) electrons. The topological polar surface area (TPSA) is 65.7 Å². The molecule has 3 N–H and O–H groups in total. The van der Waals surface area contributed by atoms with Crippen LogP contribution < -0.4 is 25.3 Å². The number of rotatable bonds is 6. The van der Waals surface area contributed by atoms with Gasteiger partial charge in [0.25, 0.3) is 0 Å². The van der Waals surface area contributed by atoms with E-state index >= 15 is 0 Å². The lowest BCUT2D eigenvalue weighted by Gasteiger charge is -2.18. The molecule has 0 aliphatic rings. The summed E-state index contributed by atoms with van der Waals surface area (Å²) >= 11 is 0. The maximum absolute atomic E-state index is 6.06. The monoisotopic (exact) mass is 240 g/mol. The van der Waals surface area contributed by atoms with Gasteiger partial charge in [-0.2, -0.15) is 0 Å². The molecule has 0 saturated heterocycles. The van der Waals surface area contributed by atoms with E-state index in [0.717, 1.165) is 5.56 Å². The van der Waals surface area contributed by atoms with Crippen molar-refractivity contribution in [3.05, 3.63) is 17.7 Å². The highest BCUT2D eigenvalue weighted by Crippen LogP contribution is 2.36. The Labute approximate surface area is 102 Å². The highest BCUT2D eigenvalue weighted by atomic mass is 16.5. The van der Waals surface area contributed by atoms with Crippen LogP contribution in [0.2, 0.25) is 0 Å². The smallest absolute Gasteiger partial charge is 0.164 e. The van der Waals surface area contributed by atoms with Gasteiger partial charge in [-0.1, -0.05) is 0 Å². The number of benzene rings is 1. The molecule has 1 aromatic rings. The summed E-state index contributed by atoms with van der Waals surface area (Å²) in [4.78, 5) is 0. The Bertz CT molecular complexity index is 369. The third kappa shape index (κ3) is 3.01. The van der Waals surface area contributed by atoms with Crippen molar-refractivity contribution in [1.82, 2.24) is 5.32 Å². The van der Waals surface area contributed by atoms with E-state index in [9.17, 15) is 0 Å². The van der Waals surface area contributed by atoms with Gasteiger partial charge in [-0.05, 0) is 13.1 Å². The zero-order chi connectivity index (χ0) is 12.8. The number of ether oxygens (including phenoxy) is 3. The van der Waals surface area contributed by atoms with Crippen LogP contribution in [0.25, 0.3) is 0 Å². The number of nitrogens with one attached hydrogen (secondary N) is 1. The lowest BCUT2D eigenvalue weighted by Crippen LogP contribution is -2.24. The predicted octanol–water partition coefficient (Wildman–Crippen LogP) is 0.932. The summed E-state index contributed by atoms with van der Waals surface area (Å²) in [6.07, 6.45) is 0. The Morgan fingerprint density at radius 3 is 2.06 bits per heavy atom. The number of nitrogens with two attached hydrogens (primary N) is 1. The molecule has 0 saturated carbocycles. The average molecular weight is 240 g/mol. The van der Waals surface area contributed by atoms with Crippen molar-refractivity contribution in [3.8, 4) is 17.2 Å². The predicted molar refractivity (Wildman–Crippen MR) is 67.0 cm³/mol. The molecule has 96 valence electrons. The van der Waals surface area contributed by atoms with Crippen molar-refractivity contribution >= 4 is 0 Å². The SMILES string of the molecule is CNCC(N)c1cc(OC)c(OC)cc1OC. The van der Waals surface area contributed by atoms with Gasteiger partial charge in [0, 0.05) is 24.2 Å². The van der Waals surface area contributed by atoms with E-state index in [2.05, 4.69) is 5.32 Å². The van der Waals surface area contributed by atoms with Crippen molar-refractivity contribution in [2.75, 3.05) is 34.9 Å². The minimum Gasteiger partial charge on any atom is -0.496 e. The average Bonchev–Trinajstić information content (AvgIpc) is 2.37. The molecule has 17 heavy (non-hydrogen) atoms.